The van der Waals surface area contributed by atoms with Gasteiger partial charge in [-0.1, -0.05) is 0 Å². The minimum atomic E-state index is -0.681. The molecule has 4 aliphatic rings. The number of nitrogens with zero attached hydrogens (tertiary/aromatic N) is 1. The van der Waals surface area contributed by atoms with Crippen LogP contribution in [0.5, 0.6) is 0 Å². The van der Waals surface area contributed by atoms with Gasteiger partial charge < -0.3 is 28.4 Å². The third-order valence-corrected chi connectivity index (χ3v) is 4.66. The van der Waals surface area contributed by atoms with Crippen LogP contribution in [0, 0.1) is 0 Å². The highest BCUT2D eigenvalue weighted by molar-refractivity contribution is 4.98. The molecule has 8 nitrogen and oxygen atoms in total. The fourth-order valence-electron chi connectivity index (χ4n) is 3.62. The normalized spacial score (nSPS) is 44.8. The Morgan fingerprint density at radius 1 is 0.917 bits per heavy atom. The molecule has 4 heterocycles. The summed E-state index contributed by atoms with van der Waals surface area (Å²) in [6, 6.07) is 0. The zero-order valence-electron chi connectivity index (χ0n) is 14.7. The van der Waals surface area contributed by atoms with Crippen molar-refractivity contribution in [1.29, 1.82) is 0 Å². The summed E-state index contributed by atoms with van der Waals surface area (Å²) in [6.45, 7) is 10.8. The third-order valence-electron chi connectivity index (χ3n) is 4.66. The molecular formula is C16H27NO7. The van der Waals surface area contributed by atoms with E-state index in [2.05, 4.69) is 0 Å². The van der Waals surface area contributed by atoms with Crippen molar-refractivity contribution in [3.05, 3.63) is 0 Å². The Morgan fingerprint density at radius 3 is 2.33 bits per heavy atom. The summed E-state index contributed by atoms with van der Waals surface area (Å²) in [6.07, 6.45) is -1.58. The van der Waals surface area contributed by atoms with Crippen molar-refractivity contribution in [1.82, 2.24) is 5.06 Å². The monoisotopic (exact) mass is 345 g/mol. The van der Waals surface area contributed by atoms with Gasteiger partial charge in [0.15, 0.2) is 17.9 Å². The van der Waals surface area contributed by atoms with Gasteiger partial charge in [-0.3, -0.25) is 4.84 Å². The van der Waals surface area contributed by atoms with Crippen LogP contribution in [0.2, 0.25) is 0 Å². The van der Waals surface area contributed by atoms with Gasteiger partial charge in [-0.05, 0) is 27.7 Å². The van der Waals surface area contributed by atoms with Crippen LogP contribution < -0.4 is 0 Å². The summed E-state index contributed by atoms with van der Waals surface area (Å²) in [5.41, 5.74) is 0. The fourth-order valence-corrected chi connectivity index (χ4v) is 3.62. The number of hydrogen-bond donors (Lipinski definition) is 0. The highest BCUT2D eigenvalue weighted by atomic mass is 16.9. The van der Waals surface area contributed by atoms with E-state index < -0.39 is 17.9 Å². The lowest BCUT2D eigenvalue weighted by Crippen LogP contribution is -2.49. The van der Waals surface area contributed by atoms with Crippen molar-refractivity contribution in [3.63, 3.8) is 0 Å². The molecule has 4 aliphatic heterocycles. The molecule has 0 radical (unpaired) electrons. The summed E-state index contributed by atoms with van der Waals surface area (Å²) >= 11 is 0. The Hall–Kier alpha value is -0.320. The van der Waals surface area contributed by atoms with E-state index in [9.17, 15) is 0 Å². The molecule has 0 bridgehead atoms. The number of hydrogen-bond acceptors (Lipinski definition) is 8. The van der Waals surface area contributed by atoms with E-state index in [1.807, 2.05) is 32.8 Å². The Morgan fingerprint density at radius 2 is 1.67 bits per heavy atom. The smallest absolute Gasteiger partial charge is 0.190 e. The molecule has 138 valence electrons. The Balaban J connectivity index is 1.50. The van der Waals surface area contributed by atoms with Crippen molar-refractivity contribution in [3.8, 4) is 0 Å². The molecule has 4 rings (SSSR count). The molecule has 0 aromatic carbocycles. The van der Waals surface area contributed by atoms with Gasteiger partial charge in [-0.25, -0.2) is 0 Å². The van der Waals surface area contributed by atoms with Crippen LogP contribution in [0.1, 0.15) is 27.7 Å². The summed E-state index contributed by atoms with van der Waals surface area (Å²) in [4.78, 5) is 6.24. The van der Waals surface area contributed by atoms with E-state index in [-0.39, 0.29) is 24.4 Å². The zero-order valence-corrected chi connectivity index (χ0v) is 14.7. The van der Waals surface area contributed by atoms with Gasteiger partial charge >= 0.3 is 0 Å². The molecule has 0 saturated carbocycles. The lowest BCUT2D eigenvalue weighted by molar-refractivity contribution is -0.281. The zero-order chi connectivity index (χ0) is 16.9. The van der Waals surface area contributed by atoms with E-state index in [4.69, 9.17) is 33.3 Å². The molecule has 4 unspecified atom stereocenters. The average molecular weight is 345 g/mol. The first-order valence-electron chi connectivity index (χ1n) is 8.65. The van der Waals surface area contributed by atoms with Gasteiger partial charge in [0.2, 0.25) is 0 Å². The van der Waals surface area contributed by atoms with Crippen LogP contribution in [-0.4, -0.2) is 80.3 Å². The van der Waals surface area contributed by atoms with Crippen molar-refractivity contribution in [2.45, 2.75) is 70.0 Å². The van der Waals surface area contributed by atoms with Gasteiger partial charge in [0, 0.05) is 13.1 Å². The lowest BCUT2D eigenvalue weighted by atomic mass is 10.1. The minimum Gasteiger partial charge on any atom is -0.379 e. The Kier molecular flexibility index (Phi) is 4.38. The number of hydroxylamine groups is 2. The van der Waals surface area contributed by atoms with E-state index in [0.717, 1.165) is 13.1 Å². The number of morpholine rings is 1. The molecule has 0 aromatic heterocycles. The standard InChI is InChI=1S/C16H27NO7/c1-15(2)19-9-10(21-15)11-12(24-17-5-7-18-8-6-17)13-14(20-11)23-16(3,4)22-13/h10-14H,5-9H2,1-4H3/t10-,11?,12?,13?,14?/m1/s1. The Labute approximate surface area is 142 Å². The van der Waals surface area contributed by atoms with E-state index in [1.54, 1.807) is 0 Å². The summed E-state index contributed by atoms with van der Waals surface area (Å²) in [5.74, 6) is -1.30. The summed E-state index contributed by atoms with van der Waals surface area (Å²) < 4.78 is 35.1. The Bertz CT molecular complexity index is 465. The highest BCUT2D eigenvalue weighted by Crippen LogP contribution is 2.42. The molecule has 0 spiro atoms. The number of rotatable bonds is 3. The third kappa shape index (κ3) is 3.34. The molecule has 0 amide bonds. The predicted molar refractivity (Wildman–Crippen MR) is 80.9 cm³/mol. The second-order valence-electron chi connectivity index (χ2n) is 7.55. The van der Waals surface area contributed by atoms with Crippen molar-refractivity contribution >= 4 is 0 Å². The summed E-state index contributed by atoms with van der Waals surface area (Å²) in [7, 11) is 0. The second kappa shape index (κ2) is 6.14. The number of ether oxygens (including phenoxy) is 6. The average Bonchev–Trinajstić information content (AvgIpc) is 3.11. The van der Waals surface area contributed by atoms with E-state index in [0.29, 0.717) is 19.8 Å². The van der Waals surface area contributed by atoms with Crippen LogP contribution in [0.4, 0.5) is 0 Å². The largest absolute Gasteiger partial charge is 0.379 e. The molecule has 0 aromatic rings. The van der Waals surface area contributed by atoms with Crippen LogP contribution in [0.15, 0.2) is 0 Å². The molecule has 0 aliphatic carbocycles. The van der Waals surface area contributed by atoms with Gasteiger partial charge in [0.05, 0.1) is 19.8 Å². The van der Waals surface area contributed by atoms with Crippen LogP contribution in [-0.2, 0) is 33.3 Å². The second-order valence-corrected chi connectivity index (χ2v) is 7.55. The highest BCUT2D eigenvalue weighted by Gasteiger charge is 2.59. The van der Waals surface area contributed by atoms with Crippen LogP contribution >= 0.6 is 0 Å². The molecule has 0 N–H and O–H groups in total. The predicted octanol–water partition coefficient (Wildman–Crippen LogP) is 0.647. The summed E-state index contributed by atoms with van der Waals surface area (Å²) in [5, 5.41) is 1.92. The minimum absolute atomic E-state index is 0.216. The first kappa shape index (κ1) is 17.1. The maximum Gasteiger partial charge on any atom is 0.190 e. The molecule has 8 heteroatoms. The van der Waals surface area contributed by atoms with Crippen LogP contribution in [0.25, 0.3) is 0 Å². The molecule has 4 saturated heterocycles. The fraction of sp³-hybridized carbons (Fsp3) is 1.00. The SMILES string of the molecule is CC1(C)OC2OC([C@H]3COC(C)(C)O3)C(ON3CCOCC3)C2O1. The van der Waals surface area contributed by atoms with Gasteiger partial charge in [0.1, 0.15) is 24.4 Å². The van der Waals surface area contributed by atoms with Crippen molar-refractivity contribution < 1.29 is 33.3 Å². The van der Waals surface area contributed by atoms with Crippen molar-refractivity contribution in [2.75, 3.05) is 32.9 Å². The van der Waals surface area contributed by atoms with Crippen molar-refractivity contribution in [2.24, 2.45) is 0 Å². The molecular weight excluding hydrogens is 318 g/mol. The van der Waals surface area contributed by atoms with E-state index in [1.165, 1.54) is 0 Å². The lowest BCUT2D eigenvalue weighted by Gasteiger charge is -2.34. The first-order chi connectivity index (χ1) is 11.3. The van der Waals surface area contributed by atoms with Gasteiger partial charge in [0.25, 0.3) is 0 Å². The first-order valence-corrected chi connectivity index (χ1v) is 8.65. The number of fused-ring (bicyclic) bond motifs is 1. The van der Waals surface area contributed by atoms with E-state index >= 15 is 0 Å². The maximum absolute atomic E-state index is 6.24. The maximum atomic E-state index is 6.24. The molecule has 4 fully saturated rings. The molecule has 24 heavy (non-hydrogen) atoms. The quantitative estimate of drug-likeness (QED) is 0.738. The topological polar surface area (TPSA) is 67.9 Å². The van der Waals surface area contributed by atoms with Crippen LogP contribution in [0.3, 0.4) is 0 Å². The van der Waals surface area contributed by atoms with Gasteiger partial charge in [-0.2, -0.15) is 5.06 Å². The van der Waals surface area contributed by atoms with Gasteiger partial charge in [-0.15, -0.1) is 0 Å². The molecule has 5 atom stereocenters.